The predicted molar refractivity (Wildman–Crippen MR) is 91.7 cm³/mol. The fourth-order valence-electron chi connectivity index (χ4n) is 2.81. The first-order valence-electron chi connectivity index (χ1n) is 8.11. The molecule has 0 radical (unpaired) electrons. The highest BCUT2D eigenvalue weighted by molar-refractivity contribution is 7.89. The van der Waals surface area contributed by atoms with Gasteiger partial charge in [0.2, 0.25) is 15.9 Å². The van der Waals surface area contributed by atoms with Crippen LogP contribution in [-0.4, -0.2) is 43.5 Å². The number of carbonyl (C=O) groups excluding carboxylic acids is 1. The van der Waals surface area contributed by atoms with Gasteiger partial charge in [-0.1, -0.05) is 30.3 Å². The molecule has 0 bridgehead atoms. The lowest BCUT2D eigenvalue weighted by Gasteiger charge is -2.33. The molecule has 1 saturated heterocycles. The summed E-state index contributed by atoms with van der Waals surface area (Å²) in [5, 5.41) is 3.09. The number of hydrogen-bond donors (Lipinski definition) is 1. The molecule has 0 aromatic heterocycles. The molecule has 0 aliphatic carbocycles. The minimum Gasteiger partial charge on any atom is -0.353 e. The van der Waals surface area contributed by atoms with Crippen molar-refractivity contribution in [2.75, 3.05) is 18.8 Å². The summed E-state index contributed by atoms with van der Waals surface area (Å²) in [5.41, 5.74) is 0.372. The minimum atomic E-state index is -3.12. The molecule has 5 nitrogen and oxygen atoms in total. The van der Waals surface area contributed by atoms with Crippen molar-refractivity contribution >= 4 is 15.9 Å². The number of carbonyl (C=O) groups is 1. The van der Waals surface area contributed by atoms with Gasteiger partial charge in [-0.05, 0) is 39.2 Å². The van der Waals surface area contributed by atoms with Gasteiger partial charge in [0.1, 0.15) is 0 Å². The van der Waals surface area contributed by atoms with Crippen molar-refractivity contribution in [1.82, 2.24) is 9.62 Å². The Bertz CT molecular complexity index is 633. The predicted octanol–water partition coefficient (Wildman–Crippen LogP) is 1.89. The first-order valence-corrected chi connectivity index (χ1v) is 9.72. The van der Waals surface area contributed by atoms with Gasteiger partial charge in [0, 0.05) is 19.1 Å². The van der Waals surface area contributed by atoms with Crippen LogP contribution in [0.4, 0.5) is 0 Å². The van der Waals surface area contributed by atoms with E-state index in [0.717, 1.165) is 5.56 Å². The quantitative estimate of drug-likeness (QED) is 0.891. The molecule has 0 atom stereocenters. The Morgan fingerprint density at radius 1 is 1.22 bits per heavy atom. The average Bonchev–Trinajstić information content (AvgIpc) is 2.56. The van der Waals surface area contributed by atoms with Crippen LogP contribution < -0.4 is 5.32 Å². The molecule has 1 aliphatic heterocycles. The van der Waals surface area contributed by atoms with Gasteiger partial charge < -0.3 is 5.32 Å². The van der Waals surface area contributed by atoms with E-state index in [4.69, 9.17) is 0 Å². The topological polar surface area (TPSA) is 66.5 Å². The Morgan fingerprint density at radius 3 is 2.30 bits per heavy atom. The summed E-state index contributed by atoms with van der Waals surface area (Å²) in [6, 6.07) is 9.73. The maximum absolute atomic E-state index is 12.6. The van der Waals surface area contributed by atoms with Gasteiger partial charge in [-0.25, -0.2) is 12.7 Å². The fraction of sp³-hybridized carbons (Fsp3) is 0.588. The summed E-state index contributed by atoms with van der Waals surface area (Å²) in [6.07, 6.45) is 1.33. The number of nitrogens with one attached hydrogen (secondary N) is 1. The standard InChI is InChI=1S/C17H26N2O3S/c1-4-23(21,22)19-12-10-15(11-13-19)18-16(20)17(2,3)14-8-6-5-7-9-14/h5-9,15H,4,10-13H2,1-3H3,(H,18,20). The molecule has 1 fully saturated rings. The normalized spacial score (nSPS) is 17.9. The number of rotatable bonds is 5. The Morgan fingerprint density at radius 2 is 1.78 bits per heavy atom. The molecule has 0 unspecified atom stereocenters. The molecule has 1 heterocycles. The second kappa shape index (κ2) is 7.01. The van der Waals surface area contributed by atoms with E-state index in [9.17, 15) is 13.2 Å². The number of nitrogens with zero attached hydrogens (tertiary/aromatic N) is 1. The van der Waals surface area contributed by atoms with E-state index in [1.165, 1.54) is 4.31 Å². The zero-order chi connectivity index (χ0) is 17.1. The van der Waals surface area contributed by atoms with Crippen LogP contribution in [0, 0.1) is 0 Å². The lowest BCUT2D eigenvalue weighted by Crippen LogP contribution is -2.50. The van der Waals surface area contributed by atoms with Crippen LogP contribution in [0.5, 0.6) is 0 Å². The van der Waals surface area contributed by atoms with Crippen molar-refractivity contribution in [3.05, 3.63) is 35.9 Å². The van der Waals surface area contributed by atoms with E-state index in [1.54, 1.807) is 6.92 Å². The van der Waals surface area contributed by atoms with Crippen molar-refractivity contribution in [2.24, 2.45) is 0 Å². The molecular formula is C17H26N2O3S. The molecular weight excluding hydrogens is 312 g/mol. The first-order chi connectivity index (χ1) is 10.8. The number of piperidine rings is 1. The van der Waals surface area contributed by atoms with Crippen molar-refractivity contribution in [2.45, 2.75) is 45.1 Å². The third-order valence-corrected chi connectivity index (χ3v) is 6.49. The third kappa shape index (κ3) is 4.12. The lowest BCUT2D eigenvalue weighted by molar-refractivity contribution is -0.126. The number of sulfonamides is 1. The van der Waals surface area contributed by atoms with Crippen molar-refractivity contribution < 1.29 is 13.2 Å². The molecule has 2 rings (SSSR count). The molecule has 0 saturated carbocycles. The smallest absolute Gasteiger partial charge is 0.230 e. The highest BCUT2D eigenvalue weighted by atomic mass is 32.2. The maximum Gasteiger partial charge on any atom is 0.230 e. The fourth-order valence-corrected chi connectivity index (χ4v) is 3.94. The van der Waals surface area contributed by atoms with E-state index in [2.05, 4.69) is 5.32 Å². The van der Waals surface area contributed by atoms with Gasteiger partial charge in [0.05, 0.1) is 11.2 Å². The van der Waals surface area contributed by atoms with E-state index < -0.39 is 15.4 Å². The van der Waals surface area contributed by atoms with Gasteiger partial charge >= 0.3 is 0 Å². The second-order valence-electron chi connectivity index (χ2n) is 6.54. The second-order valence-corrected chi connectivity index (χ2v) is 8.80. The summed E-state index contributed by atoms with van der Waals surface area (Å²) in [5.74, 6) is 0.117. The zero-order valence-corrected chi connectivity index (χ0v) is 14.9. The third-order valence-electron chi connectivity index (χ3n) is 4.61. The summed E-state index contributed by atoms with van der Waals surface area (Å²) < 4.78 is 25.3. The lowest BCUT2D eigenvalue weighted by atomic mass is 9.83. The highest BCUT2D eigenvalue weighted by Crippen LogP contribution is 2.24. The number of hydrogen-bond acceptors (Lipinski definition) is 3. The van der Waals surface area contributed by atoms with Crippen LogP contribution in [0.2, 0.25) is 0 Å². The Kier molecular flexibility index (Phi) is 5.47. The number of benzene rings is 1. The van der Waals surface area contributed by atoms with E-state index in [1.807, 2.05) is 44.2 Å². The molecule has 1 amide bonds. The van der Waals surface area contributed by atoms with Gasteiger partial charge in [-0.2, -0.15) is 0 Å². The monoisotopic (exact) mass is 338 g/mol. The van der Waals surface area contributed by atoms with Gasteiger partial charge in [-0.3, -0.25) is 4.79 Å². The summed E-state index contributed by atoms with van der Waals surface area (Å²) in [4.78, 5) is 12.6. The van der Waals surface area contributed by atoms with Crippen molar-refractivity contribution in [1.29, 1.82) is 0 Å². The van der Waals surface area contributed by atoms with Crippen LogP contribution in [0.1, 0.15) is 39.2 Å². The number of amides is 1. The van der Waals surface area contributed by atoms with E-state index in [0.29, 0.717) is 25.9 Å². The molecule has 1 N–H and O–H groups in total. The van der Waals surface area contributed by atoms with Gasteiger partial charge in [0.25, 0.3) is 0 Å². The molecule has 1 aromatic carbocycles. The van der Waals surface area contributed by atoms with Crippen LogP contribution in [-0.2, 0) is 20.2 Å². The zero-order valence-electron chi connectivity index (χ0n) is 14.1. The average molecular weight is 338 g/mol. The van der Waals surface area contributed by atoms with Gasteiger partial charge in [-0.15, -0.1) is 0 Å². The Balaban J connectivity index is 1.95. The van der Waals surface area contributed by atoms with Crippen molar-refractivity contribution in [3.8, 4) is 0 Å². The van der Waals surface area contributed by atoms with Crippen LogP contribution in [0.3, 0.4) is 0 Å². The summed E-state index contributed by atoms with van der Waals surface area (Å²) >= 11 is 0. The molecule has 0 spiro atoms. The molecule has 128 valence electrons. The van der Waals surface area contributed by atoms with Crippen LogP contribution >= 0.6 is 0 Å². The maximum atomic E-state index is 12.6. The minimum absolute atomic E-state index is 0.0134. The molecule has 23 heavy (non-hydrogen) atoms. The molecule has 6 heteroatoms. The largest absolute Gasteiger partial charge is 0.353 e. The van der Waals surface area contributed by atoms with Crippen LogP contribution in [0.25, 0.3) is 0 Å². The highest BCUT2D eigenvalue weighted by Gasteiger charge is 2.33. The Labute approximate surface area is 139 Å². The van der Waals surface area contributed by atoms with Crippen molar-refractivity contribution in [3.63, 3.8) is 0 Å². The molecule has 1 aromatic rings. The van der Waals surface area contributed by atoms with E-state index in [-0.39, 0.29) is 17.7 Å². The first kappa shape index (κ1) is 17.9. The molecule has 1 aliphatic rings. The van der Waals surface area contributed by atoms with E-state index >= 15 is 0 Å². The summed E-state index contributed by atoms with van der Waals surface area (Å²) in [6.45, 7) is 6.44. The Hall–Kier alpha value is -1.40. The van der Waals surface area contributed by atoms with Crippen LogP contribution in [0.15, 0.2) is 30.3 Å². The SMILES string of the molecule is CCS(=O)(=O)N1CCC(NC(=O)C(C)(C)c2ccccc2)CC1. The van der Waals surface area contributed by atoms with Gasteiger partial charge in [0.15, 0.2) is 0 Å². The summed E-state index contributed by atoms with van der Waals surface area (Å²) in [7, 11) is -3.12.